The first-order chi connectivity index (χ1) is 7.77. The molecule has 0 aliphatic carbocycles. The molecule has 0 aromatic carbocycles. The van der Waals surface area contributed by atoms with E-state index in [0.29, 0.717) is 18.1 Å². The highest BCUT2D eigenvalue weighted by Crippen LogP contribution is 2.11. The molecular formula is C12H13NO3. The number of pyridine rings is 1. The summed E-state index contributed by atoms with van der Waals surface area (Å²) in [6.07, 6.45) is 1.70. The standard InChI is InChI=1S/C12H13NO3/c1-3-16-11(14)8-4-6-10-7-5-9-13-12(10)15-2/h5,7,9H,3,8H2,1-2H3. The summed E-state index contributed by atoms with van der Waals surface area (Å²) < 4.78 is 9.77. The third kappa shape index (κ3) is 3.62. The van der Waals surface area contributed by atoms with E-state index in [2.05, 4.69) is 16.8 Å². The number of nitrogens with zero attached hydrogens (tertiary/aromatic N) is 1. The molecule has 0 spiro atoms. The van der Waals surface area contributed by atoms with Crippen LogP contribution < -0.4 is 4.74 Å². The molecular weight excluding hydrogens is 206 g/mol. The van der Waals surface area contributed by atoms with Gasteiger partial charge in [0.25, 0.3) is 0 Å². The molecule has 1 aromatic rings. The number of carbonyl (C=O) groups is 1. The Bertz CT molecular complexity index is 418. The molecule has 1 rings (SSSR count). The normalized spacial score (nSPS) is 8.88. The molecule has 0 atom stereocenters. The largest absolute Gasteiger partial charge is 0.480 e. The van der Waals surface area contributed by atoms with Gasteiger partial charge < -0.3 is 9.47 Å². The predicted molar refractivity (Wildman–Crippen MR) is 58.9 cm³/mol. The summed E-state index contributed by atoms with van der Waals surface area (Å²) in [5.41, 5.74) is 0.661. The first kappa shape index (κ1) is 12.1. The third-order valence-electron chi connectivity index (χ3n) is 1.73. The Morgan fingerprint density at radius 3 is 3.06 bits per heavy atom. The molecule has 16 heavy (non-hydrogen) atoms. The van der Waals surface area contributed by atoms with Gasteiger partial charge in [0.2, 0.25) is 5.88 Å². The quantitative estimate of drug-likeness (QED) is 0.569. The maximum Gasteiger partial charge on any atom is 0.317 e. The Morgan fingerprint density at radius 2 is 2.38 bits per heavy atom. The lowest BCUT2D eigenvalue weighted by atomic mass is 10.2. The monoisotopic (exact) mass is 219 g/mol. The summed E-state index contributed by atoms with van der Waals surface area (Å²) in [6, 6.07) is 3.54. The van der Waals surface area contributed by atoms with Crippen LogP contribution >= 0.6 is 0 Å². The number of methoxy groups -OCH3 is 1. The van der Waals surface area contributed by atoms with Crippen molar-refractivity contribution in [1.82, 2.24) is 4.98 Å². The van der Waals surface area contributed by atoms with Crippen LogP contribution in [0.2, 0.25) is 0 Å². The van der Waals surface area contributed by atoms with Crippen molar-refractivity contribution in [2.45, 2.75) is 13.3 Å². The molecule has 0 fully saturated rings. The highest BCUT2D eigenvalue weighted by Gasteiger charge is 1.99. The number of esters is 1. The van der Waals surface area contributed by atoms with E-state index < -0.39 is 0 Å². The lowest BCUT2D eigenvalue weighted by molar-refractivity contribution is -0.141. The highest BCUT2D eigenvalue weighted by atomic mass is 16.5. The topological polar surface area (TPSA) is 48.4 Å². The molecule has 0 aliphatic heterocycles. The van der Waals surface area contributed by atoms with E-state index >= 15 is 0 Å². The maximum absolute atomic E-state index is 11.0. The lowest BCUT2D eigenvalue weighted by Gasteiger charge is -1.99. The average molecular weight is 219 g/mol. The minimum atomic E-state index is -0.321. The molecule has 0 N–H and O–H groups in total. The van der Waals surface area contributed by atoms with Gasteiger partial charge in [-0.1, -0.05) is 11.8 Å². The molecule has 0 bridgehead atoms. The van der Waals surface area contributed by atoms with Crippen LogP contribution in [0.25, 0.3) is 0 Å². The minimum absolute atomic E-state index is 0.0753. The van der Waals surface area contributed by atoms with Gasteiger partial charge in [-0.2, -0.15) is 0 Å². The smallest absolute Gasteiger partial charge is 0.317 e. The van der Waals surface area contributed by atoms with Gasteiger partial charge >= 0.3 is 5.97 Å². The summed E-state index contributed by atoms with van der Waals surface area (Å²) >= 11 is 0. The van der Waals surface area contributed by atoms with Crippen LogP contribution in [0, 0.1) is 11.8 Å². The fraction of sp³-hybridized carbons (Fsp3) is 0.333. The van der Waals surface area contributed by atoms with Crippen molar-refractivity contribution in [3.05, 3.63) is 23.9 Å². The fourth-order valence-electron chi connectivity index (χ4n) is 1.07. The molecule has 0 unspecified atom stereocenters. The summed E-state index contributed by atoms with van der Waals surface area (Å²) in [7, 11) is 1.53. The Kier molecular flexibility index (Phi) is 4.87. The average Bonchev–Trinajstić information content (AvgIpc) is 2.30. The van der Waals surface area contributed by atoms with Gasteiger partial charge in [-0.05, 0) is 19.1 Å². The van der Waals surface area contributed by atoms with Gasteiger partial charge in [-0.15, -0.1) is 0 Å². The van der Waals surface area contributed by atoms with E-state index in [4.69, 9.17) is 9.47 Å². The predicted octanol–water partition coefficient (Wildman–Crippen LogP) is 1.39. The van der Waals surface area contributed by atoms with Crippen molar-refractivity contribution >= 4 is 5.97 Å². The molecule has 0 saturated carbocycles. The van der Waals surface area contributed by atoms with Gasteiger partial charge in [-0.25, -0.2) is 4.98 Å². The first-order valence-corrected chi connectivity index (χ1v) is 4.91. The highest BCUT2D eigenvalue weighted by molar-refractivity contribution is 5.72. The number of carbonyl (C=O) groups excluding carboxylic acids is 1. The Hall–Kier alpha value is -2.02. The molecule has 1 heterocycles. The van der Waals surface area contributed by atoms with Gasteiger partial charge in [0.05, 0.1) is 19.3 Å². The second-order valence-electron chi connectivity index (χ2n) is 2.84. The summed E-state index contributed by atoms with van der Waals surface area (Å²) in [5.74, 6) is 5.67. The molecule has 0 aliphatic rings. The molecule has 0 amide bonds. The number of ether oxygens (including phenoxy) is 2. The summed E-state index contributed by atoms with van der Waals surface area (Å²) in [6.45, 7) is 2.13. The molecule has 0 saturated heterocycles. The number of hydrogen-bond donors (Lipinski definition) is 0. The fourth-order valence-corrected chi connectivity index (χ4v) is 1.07. The van der Waals surface area contributed by atoms with Crippen LogP contribution in [-0.4, -0.2) is 24.7 Å². The van der Waals surface area contributed by atoms with Crippen molar-refractivity contribution < 1.29 is 14.3 Å². The second-order valence-corrected chi connectivity index (χ2v) is 2.84. The SMILES string of the molecule is CCOC(=O)CC#Cc1cccnc1OC. The van der Waals surface area contributed by atoms with E-state index in [0.717, 1.165) is 0 Å². The van der Waals surface area contributed by atoms with E-state index in [1.807, 2.05) is 0 Å². The van der Waals surface area contributed by atoms with Crippen LogP contribution in [0.5, 0.6) is 5.88 Å². The zero-order chi connectivity index (χ0) is 11.8. The number of rotatable bonds is 3. The number of aromatic nitrogens is 1. The number of hydrogen-bond acceptors (Lipinski definition) is 4. The first-order valence-electron chi connectivity index (χ1n) is 4.91. The van der Waals surface area contributed by atoms with Crippen LogP contribution in [-0.2, 0) is 9.53 Å². The molecule has 4 nitrogen and oxygen atoms in total. The van der Waals surface area contributed by atoms with E-state index in [1.165, 1.54) is 7.11 Å². The van der Waals surface area contributed by atoms with Crippen molar-refractivity contribution in [3.8, 4) is 17.7 Å². The maximum atomic E-state index is 11.0. The second kappa shape index (κ2) is 6.46. The van der Waals surface area contributed by atoms with E-state index in [9.17, 15) is 4.79 Å². The van der Waals surface area contributed by atoms with Crippen LogP contribution in [0.3, 0.4) is 0 Å². The van der Waals surface area contributed by atoms with Gasteiger partial charge in [0.1, 0.15) is 6.42 Å². The van der Waals surface area contributed by atoms with E-state index in [1.54, 1.807) is 25.3 Å². The molecule has 0 radical (unpaired) electrons. The molecule has 84 valence electrons. The van der Waals surface area contributed by atoms with Crippen molar-refractivity contribution in [2.24, 2.45) is 0 Å². The molecule has 1 aromatic heterocycles. The zero-order valence-corrected chi connectivity index (χ0v) is 9.32. The van der Waals surface area contributed by atoms with E-state index in [-0.39, 0.29) is 12.4 Å². The van der Waals surface area contributed by atoms with Crippen molar-refractivity contribution in [3.63, 3.8) is 0 Å². The Balaban J connectivity index is 2.66. The van der Waals surface area contributed by atoms with Crippen LogP contribution in [0.4, 0.5) is 0 Å². The molecule has 4 heteroatoms. The van der Waals surface area contributed by atoms with Crippen LogP contribution in [0.1, 0.15) is 18.9 Å². The van der Waals surface area contributed by atoms with Gasteiger partial charge in [0, 0.05) is 6.20 Å². The Labute approximate surface area is 94.6 Å². The van der Waals surface area contributed by atoms with Crippen molar-refractivity contribution in [1.29, 1.82) is 0 Å². The summed E-state index contributed by atoms with van der Waals surface area (Å²) in [4.78, 5) is 15.0. The van der Waals surface area contributed by atoms with Gasteiger partial charge in [0.15, 0.2) is 0 Å². The Morgan fingerprint density at radius 1 is 1.56 bits per heavy atom. The summed E-state index contributed by atoms with van der Waals surface area (Å²) in [5, 5.41) is 0. The van der Waals surface area contributed by atoms with Gasteiger partial charge in [-0.3, -0.25) is 4.79 Å². The van der Waals surface area contributed by atoms with Crippen LogP contribution in [0.15, 0.2) is 18.3 Å². The van der Waals surface area contributed by atoms with Crippen molar-refractivity contribution in [2.75, 3.05) is 13.7 Å². The third-order valence-corrected chi connectivity index (χ3v) is 1.73. The zero-order valence-electron chi connectivity index (χ0n) is 9.32. The minimum Gasteiger partial charge on any atom is -0.480 e. The lowest BCUT2D eigenvalue weighted by Crippen LogP contribution is -2.01.